The van der Waals surface area contributed by atoms with Crippen LogP contribution in [0.1, 0.15) is 9.16 Å². The van der Waals surface area contributed by atoms with Crippen molar-refractivity contribution >= 4 is 18.7 Å². The molecule has 2 aromatic rings. The Balaban J connectivity index is 2.19. The molecule has 0 amide bonds. The molecule has 0 spiro atoms. The molecule has 1 aliphatic heterocycles. The minimum absolute atomic E-state index is 0.0723. The van der Waals surface area contributed by atoms with Crippen molar-refractivity contribution in [3.05, 3.63) is 73.3 Å². The van der Waals surface area contributed by atoms with Crippen molar-refractivity contribution in [2.24, 2.45) is 5.92 Å². The minimum atomic E-state index is -2.94. The van der Waals surface area contributed by atoms with Gasteiger partial charge in [-0.2, -0.15) is 0 Å². The quantitative estimate of drug-likeness (QED) is 0.621. The van der Waals surface area contributed by atoms with Crippen LogP contribution in [0.15, 0.2) is 73.3 Å². The highest BCUT2D eigenvalue weighted by molar-refractivity contribution is 6.97. The number of rotatable bonds is 3. The van der Waals surface area contributed by atoms with Gasteiger partial charge in [-0.3, -0.25) is 0 Å². The molecule has 102 valence electrons. The summed E-state index contributed by atoms with van der Waals surface area (Å²) in [6.07, 6.45) is 2.28. The fourth-order valence-corrected chi connectivity index (χ4v) is 6.17. The van der Waals surface area contributed by atoms with E-state index in [9.17, 15) is 0 Å². The molecule has 1 atom stereocenters. The Labute approximate surface area is 124 Å². The van der Waals surface area contributed by atoms with Gasteiger partial charge in [0.15, 0.2) is 0 Å². The molecule has 0 aliphatic carbocycles. The number of benzene rings is 2. The lowest BCUT2D eigenvalue weighted by Crippen LogP contribution is -2.63. The summed E-state index contributed by atoms with van der Waals surface area (Å²) in [5.41, 5.74) is 0. The fourth-order valence-electron chi connectivity index (χ4n) is 2.65. The summed E-state index contributed by atoms with van der Waals surface area (Å²) >= 11 is 0. The van der Waals surface area contributed by atoms with Gasteiger partial charge in [0.2, 0.25) is 0 Å². The predicted octanol–water partition coefficient (Wildman–Crippen LogP) is 2.97. The summed E-state index contributed by atoms with van der Waals surface area (Å²) in [5.74, 6) is -1.31. The third kappa shape index (κ3) is 2.37. The van der Waals surface area contributed by atoms with Gasteiger partial charge in [-0.1, -0.05) is 66.7 Å². The van der Waals surface area contributed by atoms with Crippen LogP contribution in [-0.4, -0.2) is 14.9 Å². The van der Waals surface area contributed by atoms with Crippen LogP contribution in [0.5, 0.6) is 0 Å². The average molecular weight is 282 g/mol. The van der Waals surface area contributed by atoms with Gasteiger partial charge in [0.25, 0.3) is 8.32 Å². The smallest absolute Gasteiger partial charge is 0.255 e. The monoisotopic (exact) mass is 282 g/mol. The molecule has 2 heteroatoms. The van der Waals surface area contributed by atoms with Crippen LogP contribution in [0, 0.1) is 5.92 Å². The zero-order valence-electron chi connectivity index (χ0n) is 13.5. The Morgan fingerprint density at radius 1 is 1.05 bits per heavy atom. The van der Waals surface area contributed by atoms with Gasteiger partial charge < -0.3 is 4.43 Å². The first kappa shape index (κ1) is 11.1. The molecule has 0 aromatic heterocycles. The van der Waals surface area contributed by atoms with Crippen LogP contribution in [0.3, 0.4) is 0 Å². The van der Waals surface area contributed by atoms with Gasteiger partial charge in [0, 0.05) is 9.35 Å². The van der Waals surface area contributed by atoms with Crippen molar-refractivity contribution in [1.82, 2.24) is 0 Å². The summed E-state index contributed by atoms with van der Waals surface area (Å²) in [4.78, 5) is 0. The van der Waals surface area contributed by atoms with Gasteiger partial charge in [0.05, 0.1) is 0 Å². The molecule has 1 saturated heterocycles. The second-order valence-corrected chi connectivity index (χ2v) is 8.26. The first-order valence-corrected chi connectivity index (χ1v) is 8.88. The molecule has 0 radical (unpaired) electrons. The summed E-state index contributed by atoms with van der Waals surface area (Å²) in [7, 11) is -2.94. The third-order valence-corrected chi connectivity index (χ3v) is 7.42. The van der Waals surface area contributed by atoms with E-state index in [0.717, 1.165) is 10.4 Å². The zero-order valence-corrected chi connectivity index (χ0v) is 12.5. The summed E-state index contributed by atoms with van der Waals surface area (Å²) in [6, 6.07) is 19.8. The lowest BCUT2D eigenvalue weighted by molar-refractivity contribution is 0.243. The summed E-state index contributed by atoms with van der Waals surface area (Å²) in [5, 5.41) is 1.99. The molecule has 1 nitrogen and oxygen atoms in total. The molecule has 0 bridgehead atoms. The Morgan fingerprint density at radius 2 is 1.60 bits per heavy atom. The van der Waals surface area contributed by atoms with Crippen LogP contribution in [0.25, 0.3) is 0 Å². The van der Waals surface area contributed by atoms with E-state index in [1.54, 1.807) is 0 Å². The molecule has 0 saturated carbocycles. The van der Waals surface area contributed by atoms with E-state index in [4.69, 9.17) is 7.17 Å². The third-order valence-electron chi connectivity index (χ3n) is 3.82. The predicted molar refractivity (Wildman–Crippen MR) is 87.0 cm³/mol. The van der Waals surface area contributed by atoms with Gasteiger partial charge in [-0.05, 0) is 28.7 Å². The zero-order chi connectivity index (χ0) is 15.6. The Morgan fingerprint density at radius 3 is 2.05 bits per heavy atom. The largest absolute Gasteiger partial charge is 0.407 e. The molecule has 3 rings (SSSR count). The minimum Gasteiger partial charge on any atom is -0.407 e. The van der Waals surface area contributed by atoms with E-state index in [0.29, 0.717) is 13.0 Å². The number of hydrogen-bond donors (Lipinski definition) is 0. The lowest BCUT2D eigenvalue weighted by atomic mass is 10.1. The second kappa shape index (κ2) is 5.78. The van der Waals surface area contributed by atoms with Crippen LogP contribution in [0.4, 0.5) is 0 Å². The van der Waals surface area contributed by atoms with E-state index in [2.05, 4.69) is 6.58 Å². The highest BCUT2D eigenvalue weighted by atomic mass is 28.4. The van der Waals surface area contributed by atoms with E-state index in [-0.39, 0.29) is 5.92 Å². The van der Waals surface area contributed by atoms with Crippen LogP contribution >= 0.6 is 0 Å². The van der Waals surface area contributed by atoms with Crippen molar-refractivity contribution in [1.29, 1.82) is 0 Å². The van der Waals surface area contributed by atoms with Gasteiger partial charge in [-0.25, -0.2) is 0 Å². The molecule has 1 aliphatic rings. The molecule has 1 unspecified atom stereocenters. The van der Waals surface area contributed by atoms with Crippen LogP contribution in [-0.2, 0) is 4.43 Å². The standard InChI is InChI=1S/C18H20OSi/c1-2-16-13-14-20(19-15-16,17-9-5-3-6-10-17)18-11-7-4-8-12-18/h2-12,16H,1,13-15H2/i14D2. The van der Waals surface area contributed by atoms with Crippen molar-refractivity contribution in [2.75, 3.05) is 6.61 Å². The van der Waals surface area contributed by atoms with E-state index in [1.165, 1.54) is 0 Å². The van der Waals surface area contributed by atoms with Gasteiger partial charge >= 0.3 is 0 Å². The van der Waals surface area contributed by atoms with Crippen LogP contribution < -0.4 is 10.4 Å². The summed E-state index contributed by atoms with van der Waals surface area (Å²) in [6.45, 7) is 4.35. The van der Waals surface area contributed by atoms with E-state index >= 15 is 0 Å². The highest BCUT2D eigenvalue weighted by Crippen LogP contribution is 2.26. The first-order valence-electron chi connectivity index (χ1n) is 7.98. The summed E-state index contributed by atoms with van der Waals surface area (Å²) < 4.78 is 23.9. The Hall–Kier alpha value is -1.64. The van der Waals surface area contributed by atoms with Gasteiger partial charge in [0.1, 0.15) is 0 Å². The maximum Gasteiger partial charge on any atom is 0.255 e. The lowest BCUT2D eigenvalue weighted by Gasteiger charge is -2.38. The van der Waals surface area contributed by atoms with E-state index in [1.807, 2.05) is 66.7 Å². The van der Waals surface area contributed by atoms with E-state index < -0.39 is 14.3 Å². The number of hydrogen-bond acceptors (Lipinski definition) is 1. The van der Waals surface area contributed by atoms with Crippen molar-refractivity contribution in [3.63, 3.8) is 0 Å². The molecular weight excluding hydrogens is 260 g/mol. The van der Waals surface area contributed by atoms with Gasteiger partial charge in [-0.15, -0.1) is 6.58 Å². The SMILES string of the molecule is [2H]C1([2H])CC(C=C)CO[Si]1(c1ccccc1)c1ccccc1. The first-order chi connectivity index (χ1) is 10.6. The van der Waals surface area contributed by atoms with Crippen LogP contribution in [0.2, 0.25) is 6.00 Å². The highest BCUT2D eigenvalue weighted by Gasteiger charge is 2.42. The maximum atomic E-state index is 8.80. The molecule has 2 aromatic carbocycles. The Bertz CT molecular complexity index is 603. The second-order valence-electron chi connectivity index (χ2n) is 5.10. The fraction of sp³-hybridized carbons (Fsp3) is 0.222. The topological polar surface area (TPSA) is 9.23 Å². The molecule has 1 heterocycles. The van der Waals surface area contributed by atoms with Crippen molar-refractivity contribution in [2.45, 2.75) is 12.4 Å². The maximum absolute atomic E-state index is 8.80. The Kier molecular flexibility index (Phi) is 3.19. The molecule has 0 N–H and O–H groups in total. The molecule has 20 heavy (non-hydrogen) atoms. The normalized spacial score (nSPS) is 25.3. The average Bonchev–Trinajstić information content (AvgIpc) is 2.56. The van der Waals surface area contributed by atoms with Crippen molar-refractivity contribution < 1.29 is 7.17 Å². The molecule has 1 fully saturated rings. The molecular formula is C18H20OSi. The van der Waals surface area contributed by atoms with Crippen molar-refractivity contribution in [3.8, 4) is 0 Å².